The molecule has 0 spiro atoms. The van der Waals surface area contributed by atoms with Crippen LogP contribution in [0.5, 0.6) is 0 Å². The van der Waals surface area contributed by atoms with Gasteiger partial charge in [-0.1, -0.05) is 0 Å². The SMILES string of the molecule is N/C=C(/O)c1c(N)[nH]c(I)c1I. The number of hydrogen-bond donors (Lipinski definition) is 4. The summed E-state index contributed by atoms with van der Waals surface area (Å²) in [6, 6.07) is 0. The Balaban J connectivity index is 3.32. The highest BCUT2D eigenvalue weighted by Crippen LogP contribution is 2.28. The number of aromatic nitrogens is 1. The molecule has 0 bridgehead atoms. The van der Waals surface area contributed by atoms with E-state index in [2.05, 4.69) is 50.2 Å². The lowest BCUT2D eigenvalue weighted by Gasteiger charge is -1.97. The lowest BCUT2D eigenvalue weighted by molar-refractivity contribution is 0.510. The van der Waals surface area contributed by atoms with E-state index in [1.807, 2.05) is 0 Å². The van der Waals surface area contributed by atoms with Crippen molar-refractivity contribution in [2.24, 2.45) is 5.73 Å². The molecule has 0 aromatic carbocycles. The molecule has 0 radical (unpaired) electrons. The summed E-state index contributed by atoms with van der Waals surface area (Å²) in [5.74, 6) is 0.430. The average Bonchev–Trinajstić information content (AvgIpc) is 2.26. The molecule has 0 aliphatic rings. The van der Waals surface area contributed by atoms with E-state index >= 15 is 0 Å². The molecule has 0 unspecified atom stereocenters. The normalized spacial score (nSPS) is 12.0. The lowest BCUT2D eigenvalue weighted by Crippen LogP contribution is -1.94. The van der Waals surface area contributed by atoms with Crippen molar-refractivity contribution in [3.63, 3.8) is 0 Å². The maximum Gasteiger partial charge on any atom is 0.143 e. The molecular weight excluding hydrogens is 384 g/mol. The molecule has 66 valence electrons. The van der Waals surface area contributed by atoms with Gasteiger partial charge in [-0.15, -0.1) is 0 Å². The van der Waals surface area contributed by atoms with Crippen LogP contribution >= 0.6 is 45.2 Å². The van der Waals surface area contributed by atoms with Gasteiger partial charge >= 0.3 is 0 Å². The molecule has 1 rings (SSSR count). The first kappa shape index (κ1) is 9.96. The Hall–Kier alpha value is -0.120. The predicted octanol–water partition coefficient (Wildman–Crippen LogP) is 1.62. The van der Waals surface area contributed by atoms with Crippen molar-refractivity contribution < 1.29 is 5.11 Å². The summed E-state index contributed by atoms with van der Waals surface area (Å²) in [5.41, 5.74) is 11.3. The van der Waals surface area contributed by atoms with E-state index in [4.69, 9.17) is 11.5 Å². The molecule has 0 aliphatic heterocycles. The second kappa shape index (κ2) is 3.73. The number of nitrogen functional groups attached to an aromatic ring is 1. The van der Waals surface area contributed by atoms with Crippen molar-refractivity contribution in [2.75, 3.05) is 5.73 Å². The van der Waals surface area contributed by atoms with Crippen LogP contribution in [0.3, 0.4) is 0 Å². The van der Waals surface area contributed by atoms with Crippen molar-refractivity contribution in [1.82, 2.24) is 4.98 Å². The van der Waals surface area contributed by atoms with Crippen LogP contribution in [0.4, 0.5) is 5.82 Å². The fourth-order valence-corrected chi connectivity index (χ4v) is 2.06. The smallest absolute Gasteiger partial charge is 0.143 e. The highest BCUT2D eigenvalue weighted by atomic mass is 127. The molecule has 0 fully saturated rings. The van der Waals surface area contributed by atoms with Gasteiger partial charge in [-0.25, -0.2) is 0 Å². The first-order valence-electron chi connectivity index (χ1n) is 3.01. The number of nitrogens with two attached hydrogens (primary N) is 2. The Kier molecular flexibility index (Phi) is 3.09. The minimum Gasteiger partial charge on any atom is -0.506 e. The van der Waals surface area contributed by atoms with E-state index in [1.54, 1.807) is 0 Å². The monoisotopic (exact) mass is 391 g/mol. The number of anilines is 1. The molecule has 0 aliphatic carbocycles. The van der Waals surface area contributed by atoms with Gasteiger partial charge in [0.05, 0.1) is 12.8 Å². The summed E-state index contributed by atoms with van der Waals surface area (Å²) < 4.78 is 1.78. The minimum absolute atomic E-state index is 0.00364. The van der Waals surface area contributed by atoms with Gasteiger partial charge < -0.3 is 21.6 Å². The summed E-state index contributed by atoms with van der Waals surface area (Å²) >= 11 is 4.19. The number of halogens is 2. The summed E-state index contributed by atoms with van der Waals surface area (Å²) in [6.07, 6.45) is 1.12. The van der Waals surface area contributed by atoms with Crippen molar-refractivity contribution in [1.29, 1.82) is 0 Å². The second-order valence-electron chi connectivity index (χ2n) is 2.09. The number of nitrogens with one attached hydrogen (secondary N) is 1. The van der Waals surface area contributed by atoms with Crippen LogP contribution in [0.1, 0.15) is 5.56 Å². The minimum atomic E-state index is -0.00364. The molecule has 0 saturated heterocycles. The van der Waals surface area contributed by atoms with Gasteiger partial charge in [0, 0.05) is 6.20 Å². The fourth-order valence-electron chi connectivity index (χ4n) is 0.797. The van der Waals surface area contributed by atoms with Gasteiger partial charge in [0.15, 0.2) is 0 Å². The lowest BCUT2D eigenvalue weighted by atomic mass is 10.3. The Morgan fingerprint density at radius 3 is 2.42 bits per heavy atom. The maximum atomic E-state index is 9.33. The van der Waals surface area contributed by atoms with E-state index in [1.165, 1.54) is 0 Å². The quantitative estimate of drug-likeness (QED) is 0.434. The van der Waals surface area contributed by atoms with Crippen molar-refractivity contribution in [3.05, 3.63) is 19.0 Å². The zero-order chi connectivity index (χ0) is 9.30. The Morgan fingerprint density at radius 2 is 2.08 bits per heavy atom. The molecule has 12 heavy (non-hydrogen) atoms. The number of rotatable bonds is 1. The van der Waals surface area contributed by atoms with Gasteiger partial charge in [-0.2, -0.15) is 0 Å². The van der Waals surface area contributed by atoms with E-state index in [9.17, 15) is 5.11 Å². The number of aromatic amines is 1. The molecule has 0 amide bonds. The number of hydrogen-bond acceptors (Lipinski definition) is 3. The van der Waals surface area contributed by atoms with Crippen LogP contribution in [0, 0.1) is 7.27 Å². The Morgan fingerprint density at radius 1 is 1.50 bits per heavy atom. The maximum absolute atomic E-state index is 9.33. The largest absolute Gasteiger partial charge is 0.506 e. The van der Waals surface area contributed by atoms with Gasteiger partial charge in [-0.3, -0.25) is 0 Å². The van der Waals surface area contributed by atoms with Crippen molar-refractivity contribution in [2.45, 2.75) is 0 Å². The topological polar surface area (TPSA) is 88.1 Å². The number of aliphatic hydroxyl groups excluding tert-OH is 1. The molecule has 0 saturated carbocycles. The molecule has 1 aromatic heterocycles. The fraction of sp³-hybridized carbons (Fsp3) is 0. The highest BCUT2D eigenvalue weighted by Gasteiger charge is 2.14. The first-order chi connectivity index (χ1) is 5.57. The van der Waals surface area contributed by atoms with Crippen LogP contribution in [0.2, 0.25) is 0 Å². The van der Waals surface area contributed by atoms with Crippen molar-refractivity contribution >= 4 is 56.8 Å². The van der Waals surface area contributed by atoms with E-state index < -0.39 is 0 Å². The van der Waals surface area contributed by atoms with E-state index in [-0.39, 0.29) is 5.76 Å². The Bertz CT molecular complexity index is 332. The zero-order valence-electron chi connectivity index (χ0n) is 5.94. The number of H-pyrrole nitrogens is 1. The van der Waals surface area contributed by atoms with Crippen LogP contribution in [0.15, 0.2) is 6.20 Å². The third-order valence-corrected chi connectivity index (χ3v) is 4.26. The highest BCUT2D eigenvalue weighted by molar-refractivity contribution is 14.1. The van der Waals surface area contributed by atoms with E-state index in [0.717, 1.165) is 13.5 Å². The molecular formula is C6H7I2N3O. The Labute approximate surface area is 96.7 Å². The average molecular weight is 391 g/mol. The third kappa shape index (κ3) is 1.63. The second-order valence-corrected chi connectivity index (χ2v) is 4.25. The predicted molar refractivity (Wildman–Crippen MR) is 65.4 cm³/mol. The third-order valence-electron chi connectivity index (χ3n) is 1.34. The van der Waals surface area contributed by atoms with Crippen LogP contribution in [-0.4, -0.2) is 10.1 Å². The van der Waals surface area contributed by atoms with E-state index in [0.29, 0.717) is 11.4 Å². The molecule has 0 atom stereocenters. The summed E-state index contributed by atoms with van der Waals surface area (Å²) in [4.78, 5) is 2.89. The molecule has 4 nitrogen and oxygen atoms in total. The van der Waals surface area contributed by atoms with Crippen molar-refractivity contribution in [3.8, 4) is 0 Å². The zero-order valence-corrected chi connectivity index (χ0v) is 10.3. The summed E-state index contributed by atoms with van der Waals surface area (Å²) in [5, 5.41) is 9.33. The van der Waals surface area contributed by atoms with Gasteiger partial charge in [0.1, 0.15) is 11.6 Å². The van der Waals surface area contributed by atoms with Gasteiger partial charge in [0.2, 0.25) is 0 Å². The standard InChI is InChI=1S/C6H7I2N3O/c7-4-3(2(12)1-9)6(10)11-5(4)8/h1,11-12H,9-10H2/b2-1+. The van der Waals surface area contributed by atoms with Crippen LogP contribution < -0.4 is 11.5 Å². The molecule has 6 heteroatoms. The van der Waals surface area contributed by atoms with Crippen LogP contribution in [0.25, 0.3) is 5.76 Å². The summed E-state index contributed by atoms with van der Waals surface area (Å²) in [7, 11) is 0. The first-order valence-corrected chi connectivity index (χ1v) is 5.17. The summed E-state index contributed by atoms with van der Waals surface area (Å²) in [6.45, 7) is 0. The molecule has 1 aromatic rings. The van der Waals surface area contributed by atoms with Crippen LogP contribution in [-0.2, 0) is 0 Å². The van der Waals surface area contributed by atoms with Gasteiger partial charge in [-0.05, 0) is 45.2 Å². The molecule has 1 heterocycles. The van der Waals surface area contributed by atoms with Gasteiger partial charge in [0.25, 0.3) is 0 Å². The molecule has 6 N–H and O–H groups in total. The number of aliphatic hydroxyl groups is 1.